The van der Waals surface area contributed by atoms with Gasteiger partial charge in [0.05, 0.1) is 12.5 Å². The van der Waals surface area contributed by atoms with Gasteiger partial charge in [-0.2, -0.15) is 0 Å². The molecule has 0 spiro atoms. The van der Waals surface area contributed by atoms with Crippen LogP contribution in [0.25, 0.3) is 0 Å². The predicted molar refractivity (Wildman–Crippen MR) is 50.2 cm³/mol. The maximum atomic E-state index is 11.7. The molecule has 0 amide bonds. The van der Waals surface area contributed by atoms with Crippen molar-refractivity contribution >= 4 is 11.9 Å². The van der Waals surface area contributed by atoms with E-state index in [-0.39, 0.29) is 5.97 Å². The summed E-state index contributed by atoms with van der Waals surface area (Å²) in [6.07, 6.45) is 4.38. The molecule has 3 nitrogen and oxygen atoms in total. The second kappa shape index (κ2) is 3.25. The Hall–Kier alpha value is -1.08. The maximum absolute atomic E-state index is 11.7. The SMILES string of the molecule is COC(=O)C12CCC(CC1)CC2=C=O. The number of hydrogen-bond acceptors (Lipinski definition) is 3. The van der Waals surface area contributed by atoms with Gasteiger partial charge >= 0.3 is 5.97 Å². The minimum Gasteiger partial charge on any atom is -0.468 e. The van der Waals surface area contributed by atoms with E-state index in [1.165, 1.54) is 7.11 Å². The lowest BCUT2D eigenvalue weighted by Gasteiger charge is -2.44. The summed E-state index contributed by atoms with van der Waals surface area (Å²) < 4.78 is 4.80. The van der Waals surface area contributed by atoms with Crippen LogP contribution in [-0.2, 0) is 14.3 Å². The van der Waals surface area contributed by atoms with Crippen molar-refractivity contribution in [3.05, 3.63) is 5.57 Å². The van der Waals surface area contributed by atoms with Crippen LogP contribution in [0.1, 0.15) is 32.1 Å². The van der Waals surface area contributed by atoms with Gasteiger partial charge in [0.2, 0.25) is 0 Å². The van der Waals surface area contributed by atoms with Crippen LogP contribution in [0.15, 0.2) is 5.57 Å². The van der Waals surface area contributed by atoms with Crippen molar-refractivity contribution in [3.63, 3.8) is 0 Å². The standard InChI is InChI=1S/C11H14O3/c1-14-10(13)11-4-2-8(3-5-11)6-9(11)7-12/h8H,2-6H2,1H3. The predicted octanol–water partition coefficient (Wildman–Crippen LogP) is 1.50. The van der Waals surface area contributed by atoms with Gasteiger partial charge in [-0.3, -0.25) is 4.79 Å². The van der Waals surface area contributed by atoms with Crippen LogP contribution < -0.4 is 0 Å². The van der Waals surface area contributed by atoms with Crippen molar-refractivity contribution in [1.82, 2.24) is 0 Å². The number of ether oxygens (including phenoxy) is 1. The fourth-order valence-electron chi connectivity index (χ4n) is 2.82. The number of carbonyl (C=O) groups is 1. The summed E-state index contributed by atoms with van der Waals surface area (Å²) in [6, 6.07) is 0. The van der Waals surface area contributed by atoms with Crippen molar-refractivity contribution in [2.75, 3.05) is 7.11 Å². The molecule has 3 rings (SSSR count). The van der Waals surface area contributed by atoms with E-state index in [4.69, 9.17) is 4.74 Å². The van der Waals surface area contributed by atoms with E-state index in [2.05, 4.69) is 0 Å². The molecule has 14 heavy (non-hydrogen) atoms. The summed E-state index contributed by atoms with van der Waals surface area (Å²) in [5.74, 6) is 2.31. The lowest BCUT2D eigenvalue weighted by Crippen LogP contribution is -2.43. The van der Waals surface area contributed by atoms with Crippen LogP contribution in [0.2, 0.25) is 0 Å². The molecule has 0 radical (unpaired) electrons. The summed E-state index contributed by atoms with van der Waals surface area (Å²) in [5, 5.41) is 0. The molecular formula is C11H14O3. The summed E-state index contributed by atoms with van der Waals surface area (Å²) in [7, 11) is 1.39. The van der Waals surface area contributed by atoms with Gasteiger partial charge in [0.15, 0.2) is 0 Å². The van der Waals surface area contributed by atoms with Crippen molar-refractivity contribution < 1.29 is 14.3 Å². The highest BCUT2D eigenvalue weighted by molar-refractivity contribution is 5.84. The van der Waals surface area contributed by atoms with Crippen molar-refractivity contribution in [2.45, 2.75) is 32.1 Å². The molecule has 3 aliphatic rings. The van der Waals surface area contributed by atoms with Crippen LogP contribution in [-0.4, -0.2) is 19.0 Å². The van der Waals surface area contributed by atoms with E-state index >= 15 is 0 Å². The van der Waals surface area contributed by atoms with Gasteiger partial charge in [0, 0.05) is 5.57 Å². The summed E-state index contributed by atoms with van der Waals surface area (Å²) in [5.41, 5.74) is 0.0393. The largest absolute Gasteiger partial charge is 0.468 e. The third-order valence-corrected chi connectivity index (χ3v) is 3.73. The fraction of sp³-hybridized carbons (Fsp3) is 0.727. The van der Waals surface area contributed by atoms with Crippen LogP contribution >= 0.6 is 0 Å². The van der Waals surface area contributed by atoms with Crippen LogP contribution in [0.5, 0.6) is 0 Å². The van der Waals surface area contributed by atoms with Gasteiger partial charge in [-0.1, -0.05) is 0 Å². The first-order chi connectivity index (χ1) is 6.73. The molecule has 0 unspecified atom stereocenters. The van der Waals surface area contributed by atoms with Gasteiger partial charge < -0.3 is 4.74 Å². The Morgan fingerprint density at radius 3 is 2.64 bits per heavy atom. The number of carbonyl (C=O) groups excluding carboxylic acids is 2. The van der Waals surface area contributed by atoms with E-state index < -0.39 is 5.41 Å². The third-order valence-electron chi connectivity index (χ3n) is 3.73. The minimum absolute atomic E-state index is 0.242. The quantitative estimate of drug-likeness (QED) is 0.469. The molecule has 0 aromatic heterocycles. The normalized spacial score (nSPS) is 35.2. The molecule has 3 fully saturated rings. The lowest BCUT2D eigenvalue weighted by molar-refractivity contribution is -0.154. The van der Waals surface area contributed by atoms with Crippen LogP contribution in [0.3, 0.4) is 0 Å². The van der Waals surface area contributed by atoms with Gasteiger partial charge in [-0.25, -0.2) is 4.79 Å². The van der Waals surface area contributed by atoms with Crippen LogP contribution in [0, 0.1) is 11.3 Å². The highest BCUT2D eigenvalue weighted by atomic mass is 16.5. The molecule has 76 valence electrons. The van der Waals surface area contributed by atoms with E-state index in [0.29, 0.717) is 11.5 Å². The summed E-state index contributed by atoms with van der Waals surface area (Å²) in [6.45, 7) is 0. The number of rotatable bonds is 1. The first-order valence-corrected chi connectivity index (χ1v) is 5.06. The lowest BCUT2D eigenvalue weighted by atomic mass is 9.58. The molecule has 0 saturated heterocycles. The molecule has 3 saturated carbocycles. The molecule has 3 heteroatoms. The highest BCUT2D eigenvalue weighted by Gasteiger charge is 2.51. The molecule has 0 atom stereocenters. The van der Waals surface area contributed by atoms with E-state index in [1.807, 2.05) is 5.94 Å². The minimum atomic E-state index is -0.606. The maximum Gasteiger partial charge on any atom is 0.316 e. The molecule has 0 heterocycles. The fourth-order valence-corrected chi connectivity index (χ4v) is 2.82. The Labute approximate surface area is 83.1 Å². The second-order valence-electron chi connectivity index (χ2n) is 4.30. The number of hydrogen-bond donors (Lipinski definition) is 0. The van der Waals surface area contributed by atoms with E-state index in [1.54, 1.807) is 0 Å². The zero-order valence-corrected chi connectivity index (χ0v) is 8.34. The first-order valence-electron chi connectivity index (χ1n) is 5.06. The Morgan fingerprint density at radius 1 is 1.50 bits per heavy atom. The molecule has 0 aromatic rings. The zero-order chi connectivity index (χ0) is 10.2. The van der Waals surface area contributed by atoms with Crippen molar-refractivity contribution in [1.29, 1.82) is 0 Å². The number of methoxy groups -OCH3 is 1. The highest BCUT2D eigenvalue weighted by Crippen LogP contribution is 2.53. The molecule has 0 aromatic carbocycles. The molecular weight excluding hydrogens is 180 g/mol. The summed E-state index contributed by atoms with van der Waals surface area (Å²) in [4.78, 5) is 22.5. The molecule has 0 N–H and O–H groups in total. The summed E-state index contributed by atoms with van der Waals surface area (Å²) >= 11 is 0. The molecule has 0 aliphatic heterocycles. The number of esters is 1. The Bertz CT molecular complexity index is 304. The third kappa shape index (κ3) is 1.12. The van der Waals surface area contributed by atoms with E-state index in [9.17, 15) is 9.59 Å². The van der Waals surface area contributed by atoms with Gasteiger partial charge in [-0.05, 0) is 38.0 Å². The average molecular weight is 194 g/mol. The average Bonchev–Trinajstić information content (AvgIpc) is 2.29. The second-order valence-corrected chi connectivity index (χ2v) is 4.30. The Morgan fingerprint density at radius 2 is 2.14 bits per heavy atom. The number of fused-ring (bicyclic) bond motifs is 3. The Balaban J connectivity index is 2.38. The van der Waals surface area contributed by atoms with Crippen LogP contribution in [0.4, 0.5) is 0 Å². The monoisotopic (exact) mass is 194 g/mol. The molecule has 3 aliphatic carbocycles. The van der Waals surface area contributed by atoms with Crippen molar-refractivity contribution in [2.24, 2.45) is 11.3 Å². The van der Waals surface area contributed by atoms with Gasteiger partial charge in [-0.15, -0.1) is 0 Å². The zero-order valence-electron chi connectivity index (χ0n) is 8.34. The molecule has 2 bridgehead atoms. The van der Waals surface area contributed by atoms with E-state index in [0.717, 1.165) is 32.1 Å². The Kier molecular flexibility index (Phi) is 2.20. The topological polar surface area (TPSA) is 43.4 Å². The van der Waals surface area contributed by atoms with Crippen molar-refractivity contribution in [3.8, 4) is 0 Å². The van der Waals surface area contributed by atoms with Gasteiger partial charge in [0.25, 0.3) is 0 Å². The first kappa shape index (κ1) is 9.47. The van der Waals surface area contributed by atoms with Gasteiger partial charge in [0.1, 0.15) is 5.94 Å². The smallest absolute Gasteiger partial charge is 0.316 e.